The Morgan fingerprint density at radius 1 is 1.21 bits per heavy atom. The van der Waals surface area contributed by atoms with Gasteiger partial charge in [-0.25, -0.2) is 12.8 Å². The largest absolute Gasteiger partial charge is 0.385 e. The Balaban J connectivity index is 1.85. The molecule has 1 aliphatic heterocycles. The first-order valence-electron chi connectivity index (χ1n) is 9.49. The van der Waals surface area contributed by atoms with Crippen molar-refractivity contribution in [2.24, 2.45) is 0 Å². The Labute approximate surface area is 170 Å². The Hall–Kier alpha value is -2.29. The SMILES string of the molecule is COCCCN(CC(=O)N1c2ccccc2C[C@@H]1C)S(=O)(=O)c1ccc(F)cc1. The lowest BCUT2D eigenvalue weighted by molar-refractivity contribution is -0.119. The molecule has 0 fully saturated rings. The summed E-state index contributed by atoms with van der Waals surface area (Å²) in [5.41, 5.74) is 1.89. The third-order valence-electron chi connectivity index (χ3n) is 4.99. The Kier molecular flexibility index (Phi) is 6.66. The molecule has 0 bridgehead atoms. The van der Waals surface area contributed by atoms with Crippen molar-refractivity contribution in [2.75, 3.05) is 31.7 Å². The van der Waals surface area contributed by atoms with Crippen molar-refractivity contribution in [1.82, 2.24) is 4.31 Å². The van der Waals surface area contributed by atoms with E-state index < -0.39 is 15.8 Å². The third kappa shape index (κ3) is 4.66. The number of nitrogens with zero attached hydrogens (tertiary/aromatic N) is 2. The van der Waals surface area contributed by atoms with Gasteiger partial charge in [-0.15, -0.1) is 0 Å². The molecule has 0 N–H and O–H groups in total. The predicted octanol–water partition coefficient (Wildman–Crippen LogP) is 2.83. The average molecular weight is 421 g/mol. The number of amides is 1. The highest BCUT2D eigenvalue weighted by atomic mass is 32.2. The number of sulfonamides is 1. The summed E-state index contributed by atoms with van der Waals surface area (Å²) in [6.07, 6.45) is 1.17. The van der Waals surface area contributed by atoms with Crippen molar-refractivity contribution in [3.8, 4) is 0 Å². The smallest absolute Gasteiger partial charge is 0.243 e. The van der Waals surface area contributed by atoms with Gasteiger partial charge in [0.2, 0.25) is 15.9 Å². The number of halogens is 1. The predicted molar refractivity (Wildman–Crippen MR) is 109 cm³/mol. The van der Waals surface area contributed by atoms with Crippen molar-refractivity contribution in [3.05, 3.63) is 59.9 Å². The maximum atomic E-state index is 13.2. The van der Waals surface area contributed by atoms with Crippen LogP contribution in [0.1, 0.15) is 18.9 Å². The van der Waals surface area contributed by atoms with Crippen LogP contribution in [0.25, 0.3) is 0 Å². The molecular weight excluding hydrogens is 395 g/mol. The molecule has 0 saturated heterocycles. The van der Waals surface area contributed by atoms with E-state index in [4.69, 9.17) is 4.74 Å². The van der Waals surface area contributed by atoms with Gasteiger partial charge in [-0.1, -0.05) is 18.2 Å². The topological polar surface area (TPSA) is 66.9 Å². The summed E-state index contributed by atoms with van der Waals surface area (Å²) in [5, 5.41) is 0. The second-order valence-corrected chi connectivity index (χ2v) is 9.02. The quantitative estimate of drug-likeness (QED) is 0.616. The number of methoxy groups -OCH3 is 1. The maximum absolute atomic E-state index is 13.2. The van der Waals surface area contributed by atoms with Gasteiger partial charge in [-0.2, -0.15) is 4.31 Å². The number of hydrogen-bond donors (Lipinski definition) is 0. The number of benzene rings is 2. The fourth-order valence-corrected chi connectivity index (χ4v) is 5.03. The van der Waals surface area contributed by atoms with E-state index in [1.54, 1.807) is 4.90 Å². The van der Waals surface area contributed by atoms with E-state index in [9.17, 15) is 17.6 Å². The number of hydrogen-bond acceptors (Lipinski definition) is 4. The zero-order chi connectivity index (χ0) is 21.0. The van der Waals surface area contributed by atoms with Crippen molar-refractivity contribution < 1.29 is 22.3 Å². The van der Waals surface area contributed by atoms with Crippen molar-refractivity contribution >= 4 is 21.6 Å². The molecule has 1 amide bonds. The zero-order valence-electron chi connectivity index (χ0n) is 16.5. The Morgan fingerprint density at radius 2 is 1.90 bits per heavy atom. The van der Waals surface area contributed by atoms with E-state index in [-0.39, 0.29) is 29.9 Å². The van der Waals surface area contributed by atoms with E-state index in [0.29, 0.717) is 13.0 Å². The number of fused-ring (bicyclic) bond motifs is 1. The van der Waals surface area contributed by atoms with E-state index in [2.05, 4.69) is 0 Å². The molecular formula is C21H25FN2O4S. The Bertz CT molecular complexity index is 963. The van der Waals surface area contributed by atoms with Gasteiger partial charge < -0.3 is 9.64 Å². The number of ether oxygens (including phenoxy) is 1. The molecule has 1 aliphatic rings. The average Bonchev–Trinajstić information content (AvgIpc) is 3.03. The monoisotopic (exact) mass is 420 g/mol. The molecule has 0 unspecified atom stereocenters. The van der Waals surface area contributed by atoms with Gasteiger partial charge in [-0.3, -0.25) is 4.79 Å². The van der Waals surface area contributed by atoms with Gasteiger partial charge in [0.15, 0.2) is 0 Å². The highest BCUT2D eigenvalue weighted by Crippen LogP contribution is 2.32. The van der Waals surface area contributed by atoms with Crippen molar-refractivity contribution in [2.45, 2.75) is 30.7 Å². The van der Waals surface area contributed by atoms with Gasteiger partial charge in [0.25, 0.3) is 0 Å². The molecule has 0 aromatic heterocycles. The summed E-state index contributed by atoms with van der Waals surface area (Å²) in [7, 11) is -2.42. The molecule has 1 heterocycles. The van der Waals surface area contributed by atoms with E-state index in [1.807, 2.05) is 31.2 Å². The molecule has 1 atom stereocenters. The molecule has 0 spiro atoms. The van der Waals surface area contributed by atoms with Crippen LogP contribution < -0.4 is 4.90 Å². The van der Waals surface area contributed by atoms with Crippen molar-refractivity contribution in [3.63, 3.8) is 0 Å². The van der Waals surface area contributed by atoms with Gasteiger partial charge >= 0.3 is 0 Å². The number of rotatable bonds is 8. The molecule has 0 aliphatic carbocycles. The molecule has 8 heteroatoms. The van der Waals surface area contributed by atoms with Gasteiger partial charge in [-0.05, 0) is 55.7 Å². The minimum absolute atomic E-state index is 0.0426. The van der Waals surface area contributed by atoms with Crippen LogP contribution in [0.4, 0.5) is 10.1 Å². The second-order valence-electron chi connectivity index (χ2n) is 7.08. The molecule has 2 aromatic carbocycles. The lowest BCUT2D eigenvalue weighted by Gasteiger charge is -2.27. The lowest BCUT2D eigenvalue weighted by atomic mass is 10.1. The first-order chi connectivity index (χ1) is 13.8. The molecule has 2 aromatic rings. The summed E-state index contributed by atoms with van der Waals surface area (Å²) in [5.74, 6) is -0.806. The third-order valence-corrected chi connectivity index (χ3v) is 6.85. The van der Waals surface area contributed by atoms with Gasteiger partial charge in [0.05, 0.1) is 11.4 Å². The maximum Gasteiger partial charge on any atom is 0.243 e. The van der Waals surface area contributed by atoms with Crippen LogP contribution >= 0.6 is 0 Å². The molecule has 0 radical (unpaired) electrons. The summed E-state index contributed by atoms with van der Waals surface area (Å²) >= 11 is 0. The molecule has 0 saturated carbocycles. The van der Waals surface area contributed by atoms with Crippen LogP contribution in [-0.2, 0) is 26.0 Å². The fraction of sp³-hybridized carbons (Fsp3) is 0.381. The van der Waals surface area contributed by atoms with E-state index >= 15 is 0 Å². The van der Waals surface area contributed by atoms with Crippen LogP contribution in [0.5, 0.6) is 0 Å². The lowest BCUT2D eigenvalue weighted by Crippen LogP contribution is -2.45. The zero-order valence-corrected chi connectivity index (χ0v) is 17.4. The normalized spacial score (nSPS) is 16.3. The summed E-state index contributed by atoms with van der Waals surface area (Å²) in [4.78, 5) is 14.7. The summed E-state index contributed by atoms with van der Waals surface area (Å²) < 4.78 is 45.6. The molecule has 29 heavy (non-hydrogen) atoms. The first-order valence-corrected chi connectivity index (χ1v) is 10.9. The minimum Gasteiger partial charge on any atom is -0.385 e. The Morgan fingerprint density at radius 3 is 2.59 bits per heavy atom. The van der Waals surface area contributed by atoms with Gasteiger partial charge in [0.1, 0.15) is 5.82 Å². The van der Waals surface area contributed by atoms with Crippen LogP contribution in [0, 0.1) is 5.82 Å². The van der Waals surface area contributed by atoms with Crippen molar-refractivity contribution in [1.29, 1.82) is 0 Å². The molecule has 6 nitrogen and oxygen atoms in total. The van der Waals surface area contributed by atoms with Crippen LogP contribution in [-0.4, -0.2) is 51.5 Å². The highest BCUT2D eigenvalue weighted by molar-refractivity contribution is 7.89. The first kappa shape index (κ1) is 21.4. The highest BCUT2D eigenvalue weighted by Gasteiger charge is 2.34. The second kappa shape index (κ2) is 9.02. The summed E-state index contributed by atoms with van der Waals surface area (Å²) in [6.45, 7) is 2.15. The van der Waals surface area contributed by atoms with E-state index in [0.717, 1.165) is 34.1 Å². The number of para-hydroxylation sites is 1. The van der Waals surface area contributed by atoms with Crippen LogP contribution in [0.3, 0.4) is 0 Å². The van der Waals surface area contributed by atoms with Gasteiger partial charge in [0, 0.05) is 32.0 Å². The van der Waals surface area contributed by atoms with Crippen LogP contribution in [0.15, 0.2) is 53.4 Å². The number of carbonyl (C=O) groups is 1. The fourth-order valence-electron chi connectivity index (χ4n) is 3.60. The molecule has 156 valence electrons. The number of carbonyl (C=O) groups excluding carboxylic acids is 1. The summed E-state index contributed by atoms with van der Waals surface area (Å²) in [6, 6.07) is 12.2. The van der Waals surface area contributed by atoms with Crippen LogP contribution in [0.2, 0.25) is 0 Å². The van der Waals surface area contributed by atoms with E-state index in [1.165, 1.54) is 19.2 Å². The standard InChI is InChI=1S/C21H25FN2O4S/c1-16-14-17-6-3-4-7-20(17)24(16)21(25)15-23(12-5-13-28-2)29(26,27)19-10-8-18(22)9-11-19/h3-4,6-11,16H,5,12-15H2,1-2H3/t16-/m0/s1. The molecule has 3 rings (SSSR count). The number of anilines is 1. The minimum atomic E-state index is -3.95.